The van der Waals surface area contributed by atoms with Crippen LogP contribution in [0.1, 0.15) is 21.5 Å². The molecule has 3 rings (SSSR count). The second-order valence-electron chi connectivity index (χ2n) is 6.56. The van der Waals surface area contributed by atoms with Crippen LogP contribution in [0.5, 0.6) is 5.75 Å². The predicted molar refractivity (Wildman–Crippen MR) is 127 cm³/mol. The smallest absolute Gasteiger partial charge is 0.259 e. The van der Waals surface area contributed by atoms with E-state index in [1.807, 2.05) is 24.3 Å². The van der Waals surface area contributed by atoms with Crippen LogP contribution in [-0.2, 0) is 11.4 Å². The van der Waals surface area contributed by atoms with E-state index in [1.54, 1.807) is 24.3 Å². The zero-order valence-corrected chi connectivity index (χ0v) is 18.9. The van der Waals surface area contributed by atoms with Crippen molar-refractivity contribution in [3.05, 3.63) is 98.5 Å². The van der Waals surface area contributed by atoms with E-state index < -0.39 is 11.8 Å². The van der Waals surface area contributed by atoms with E-state index in [-0.39, 0.29) is 11.6 Å². The van der Waals surface area contributed by atoms with Crippen LogP contribution >= 0.6 is 34.8 Å². The second kappa shape index (κ2) is 11.5. The monoisotopic (exact) mass is 489 g/mol. The number of hydrazone groups is 1. The number of ether oxygens (including phenoxy) is 1. The van der Waals surface area contributed by atoms with Crippen molar-refractivity contribution in [2.24, 2.45) is 5.10 Å². The molecule has 0 aromatic heterocycles. The Kier molecular flexibility index (Phi) is 8.50. The van der Waals surface area contributed by atoms with E-state index in [4.69, 9.17) is 39.5 Å². The summed E-state index contributed by atoms with van der Waals surface area (Å²) in [5.74, 6) is -0.341. The summed E-state index contributed by atoms with van der Waals surface area (Å²) in [6, 6.07) is 19.1. The summed E-state index contributed by atoms with van der Waals surface area (Å²) in [7, 11) is 0. The number of para-hydroxylation sites is 1. The lowest BCUT2D eigenvalue weighted by atomic mass is 10.2. The van der Waals surface area contributed by atoms with Crippen LogP contribution in [-0.4, -0.2) is 24.6 Å². The first-order chi connectivity index (χ1) is 15.4. The maximum atomic E-state index is 12.1. The van der Waals surface area contributed by atoms with Crippen LogP contribution in [0.25, 0.3) is 0 Å². The molecule has 0 atom stereocenters. The fraction of sp³-hybridized carbons (Fsp3) is 0.0870. The van der Waals surface area contributed by atoms with Crippen molar-refractivity contribution in [2.45, 2.75) is 6.61 Å². The van der Waals surface area contributed by atoms with Gasteiger partial charge in [-0.25, -0.2) is 5.43 Å². The average Bonchev–Trinajstić information content (AvgIpc) is 2.79. The maximum Gasteiger partial charge on any atom is 0.259 e. The highest BCUT2D eigenvalue weighted by molar-refractivity contribution is 6.42. The lowest BCUT2D eigenvalue weighted by molar-refractivity contribution is -0.120. The molecule has 0 aliphatic carbocycles. The van der Waals surface area contributed by atoms with Crippen molar-refractivity contribution in [1.29, 1.82) is 0 Å². The molecule has 0 spiro atoms. The van der Waals surface area contributed by atoms with E-state index >= 15 is 0 Å². The van der Waals surface area contributed by atoms with Gasteiger partial charge in [0.05, 0.1) is 22.8 Å². The number of halogens is 3. The first kappa shape index (κ1) is 23.6. The van der Waals surface area contributed by atoms with Gasteiger partial charge in [-0.3, -0.25) is 9.59 Å². The van der Waals surface area contributed by atoms with Crippen LogP contribution in [0, 0.1) is 0 Å². The Morgan fingerprint density at radius 1 is 0.938 bits per heavy atom. The molecule has 164 valence electrons. The molecule has 9 heteroatoms. The maximum absolute atomic E-state index is 12.1. The molecule has 0 saturated heterocycles. The summed E-state index contributed by atoms with van der Waals surface area (Å²) < 4.78 is 5.84. The number of hydrogen-bond donors (Lipinski definition) is 2. The number of nitrogens with one attached hydrogen (secondary N) is 2. The molecule has 0 radical (unpaired) electrons. The minimum atomic E-state index is -0.491. The van der Waals surface area contributed by atoms with Crippen molar-refractivity contribution in [2.75, 3.05) is 6.54 Å². The Hall–Kier alpha value is -3.06. The van der Waals surface area contributed by atoms with Gasteiger partial charge in [0.1, 0.15) is 12.4 Å². The molecule has 32 heavy (non-hydrogen) atoms. The van der Waals surface area contributed by atoms with Crippen molar-refractivity contribution in [3.8, 4) is 5.75 Å². The Labute approximate surface area is 200 Å². The van der Waals surface area contributed by atoms with Gasteiger partial charge in [-0.05, 0) is 48.0 Å². The number of nitrogens with zero attached hydrogens (tertiary/aromatic N) is 1. The molecule has 0 aliphatic heterocycles. The number of carbonyl (C=O) groups excluding carboxylic acids is 2. The van der Waals surface area contributed by atoms with E-state index in [0.717, 1.165) is 5.56 Å². The highest BCUT2D eigenvalue weighted by atomic mass is 35.5. The predicted octanol–water partition coefficient (Wildman–Crippen LogP) is 5.11. The summed E-state index contributed by atoms with van der Waals surface area (Å²) in [4.78, 5) is 24.1. The molecule has 3 aromatic rings. The van der Waals surface area contributed by atoms with Crippen LogP contribution in [0.3, 0.4) is 0 Å². The van der Waals surface area contributed by atoms with E-state index in [9.17, 15) is 9.59 Å². The van der Waals surface area contributed by atoms with E-state index in [0.29, 0.717) is 33.5 Å². The van der Waals surface area contributed by atoms with Gasteiger partial charge >= 0.3 is 0 Å². The normalized spacial score (nSPS) is 10.7. The Morgan fingerprint density at radius 2 is 1.69 bits per heavy atom. The first-order valence-electron chi connectivity index (χ1n) is 9.44. The molecule has 0 saturated carbocycles. The van der Waals surface area contributed by atoms with Crippen LogP contribution in [0.4, 0.5) is 0 Å². The third-order valence-electron chi connectivity index (χ3n) is 4.21. The first-order valence-corrected chi connectivity index (χ1v) is 10.6. The topological polar surface area (TPSA) is 79.8 Å². The minimum Gasteiger partial charge on any atom is -0.488 e. The van der Waals surface area contributed by atoms with Crippen molar-refractivity contribution < 1.29 is 14.3 Å². The quantitative estimate of drug-likeness (QED) is 0.340. The molecule has 3 aromatic carbocycles. The standard InChI is InChI=1S/C23H18Cl3N3O3/c24-18-8-5-15(6-9-18)14-32-21-4-2-1-3-17(21)12-28-29-22(30)13-27-23(31)16-7-10-19(25)20(26)11-16/h1-12H,13-14H2,(H,27,31)(H,29,30)/b28-12-. The fourth-order valence-corrected chi connectivity index (χ4v) is 3.00. The molecular formula is C23H18Cl3N3O3. The Morgan fingerprint density at radius 3 is 2.44 bits per heavy atom. The summed E-state index contributed by atoms with van der Waals surface area (Å²) in [5, 5.41) is 7.67. The number of carbonyl (C=O) groups is 2. The number of amides is 2. The summed E-state index contributed by atoms with van der Waals surface area (Å²) in [6.45, 7) is 0.0975. The van der Waals surface area contributed by atoms with Crippen molar-refractivity contribution >= 4 is 52.8 Å². The third-order valence-corrected chi connectivity index (χ3v) is 5.20. The lowest BCUT2D eigenvalue weighted by Gasteiger charge is -2.09. The molecule has 0 heterocycles. The highest BCUT2D eigenvalue weighted by Crippen LogP contribution is 2.22. The van der Waals surface area contributed by atoms with Crippen LogP contribution in [0.15, 0.2) is 71.8 Å². The van der Waals surface area contributed by atoms with Gasteiger partial charge in [-0.1, -0.05) is 59.1 Å². The SMILES string of the molecule is O=C(CNC(=O)c1ccc(Cl)c(Cl)c1)N/N=C\c1ccccc1OCc1ccc(Cl)cc1. The second-order valence-corrected chi connectivity index (χ2v) is 7.81. The molecule has 2 amide bonds. The van der Waals surface area contributed by atoms with Crippen LogP contribution < -0.4 is 15.5 Å². The lowest BCUT2D eigenvalue weighted by Crippen LogP contribution is -2.34. The number of rotatable bonds is 8. The van der Waals surface area contributed by atoms with Gasteiger partial charge in [0.2, 0.25) is 0 Å². The molecule has 0 bridgehead atoms. The Bertz CT molecular complexity index is 1130. The van der Waals surface area contributed by atoms with E-state index in [2.05, 4.69) is 15.8 Å². The van der Waals surface area contributed by atoms with Gasteiger partial charge in [-0.2, -0.15) is 5.10 Å². The van der Waals surface area contributed by atoms with Gasteiger partial charge in [0.15, 0.2) is 0 Å². The third kappa shape index (κ3) is 6.99. The number of benzene rings is 3. The molecule has 0 fully saturated rings. The molecule has 6 nitrogen and oxygen atoms in total. The molecule has 2 N–H and O–H groups in total. The van der Waals surface area contributed by atoms with Gasteiger partial charge in [-0.15, -0.1) is 0 Å². The minimum absolute atomic E-state index is 0.255. The average molecular weight is 491 g/mol. The fourth-order valence-electron chi connectivity index (χ4n) is 2.57. The van der Waals surface area contributed by atoms with Gasteiger partial charge in [0.25, 0.3) is 11.8 Å². The van der Waals surface area contributed by atoms with Gasteiger partial charge < -0.3 is 10.1 Å². The Balaban J connectivity index is 1.50. The van der Waals surface area contributed by atoms with Crippen molar-refractivity contribution in [1.82, 2.24) is 10.7 Å². The van der Waals surface area contributed by atoms with Crippen LogP contribution in [0.2, 0.25) is 15.1 Å². The van der Waals surface area contributed by atoms with Gasteiger partial charge in [0, 0.05) is 16.1 Å². The number of hydrogen-bond acceptors (Lipinski definition) is 4. The largest absolute Gasteiger partial charge is 0.488 e. The highest BCUT2D eigenvalue weighted by Gasteiger charge is 2.09. The zero-order chi connectivity index (χ0) is 22.9. The molecule has 0 aliphatic rings. The molecule has 0 unspecified atom stereocenters. The summed E-state index contributed by atoms with van der Waals surface area (Å²) in [5.41, 5.74) is 4.31. The summed E-state index contributed by atoms with van der Waals surface area (Å²) >= 11 is 17.6. The van der Waals surface area contributed by atoms with E-state index in [1.165, 1.54) is 24.4 Å². The summed E-state index contributed by atoms with van der Waals surface area (Å²) in [6.07, 6.45) is 1.47. The molecular weight excluding hydrogens is 473 g/mol. The zero-order valence-electron chi connectivity index (χ0n) is 16.6. The van der Waals surface area contributed by atoms with Crippen molar-refractivity contribution in [3.63, 3.8) is 0 Å².